The van der Waals surface area contributed by atoms with E-state index in [-0.39, 0.29) is 24.3 Å². The van der Waals surface area contributed by atoms with Gasteiger partial charge < -0.3 is 10.4 Å². The Bertz CT molecular complexity index is 244. The molecule has 4 heteroatoms. The first-order valence-corrected chi connectivity index (χ1v) is 5.55. The predicted octanol–water partition coefficient (Wildman–Crippen LogP) is 1.69. The fraction of sp³-hybridized carbons (Fsp3) is 0.818. The molecule has 0 bridgehead atoms. The molecule has 1 aliphatic carbocycles. The van der Waals surface area contributed by atoms with Crippen LogP contribution in [0.25, 0.3) is 0 Å². The van der Waals surface area contributed by atoms with E-state index in [4.69, 9.17) is 5.11 Å². The first-order valence-electron chi connectivity index (χ1n) is 5.55. The molecule has 1 amide bonds. The van der Waals surface area contributed by atoms with Crippen molar-refractivity contribution in [3.05, 3.63) is 0 Å². The largest absolute Gasteiger partial charge is 0.481 e. The van der Waals surface area contributed by atoms with Gasteiger partial charge in [-0.1, -0.05) is 19.3 Å². The van der Waals surface area contributed by atoms with Gasteiger partial charge >= 0.3 is 5.97 Å². The first-order chi connectivity index (χ1) is 7.02. The summed E-state index contributed by atoms with van der Waals surface area (Å²) in [5.74, 6) is -1.05. The fourth-order valence-electron chi connectivity index (χ4n) is 2.08. The molecule has 0 aromatic rings. The van der Waals surface area contributed by atoms with Gasteiger partial charge in [0.05, 0.1) is 6.42 Å². The van der Waals surface area contributed by atoms with Crippen molar-refractivity contribution in [1.82, 2.24) is 5.32 Å². The van der Waals surface area contributed by atoms with Crippen LogP contribution in [0.3, 0.4) is 0 Å². The van der Waals surface area contributed by atoms with E-state index in [9.17, 15) is 9.59 Å². The monoisotopic (exact) mass is 213 g/mol. The van der Waals surface area contributed by atoms with Crippen molar-refractivity contribution in [3.8, 4) is 0 Å². The van der Waals surface area contributed by atoms with E-state index >= 15 is 0 Å². The number of hydrogen-bond acceptors (Lipinski definition) is 2. The van der Waals surface area contributed by atoms with Gasteiger partial charge in [-0.2, -0.15) is 0 Å². The van der Waals surface area contributed by atoms with E-state index in [0.717, 1.165) is 25.7 Å². The van der Waals surface area contributed by atoms with Gasteiger partial charge in [0, 0.05) is 12.0 Å². The Morgan fingerprint density at radius 2 is 1.80 bits per heavy atom. The van der Waals surface area contributed by atoms with E-state index in [2.05, 4.69) is 5.32 Å². The highest BCUT2D eigenvalue weighted by Gasteiger charge is 2.28. The van der Waals surface area contributed by atoms with Crippen LogP contribution >= 0.6 is 0 Å². The molecular weight excluding hydrogens is 194 g/mol. The number of carbonyl (C=O) groups is 2. The molecule has 4 nitrogen and oxygen atoms in total. The maximum absolute atomic E-state index is 11.4. The van der Waals surface area contributed by atoms with Crippen molar-refractivity contribution in [1.29, 1.82) is 0 Å². The van der Waals surface area contributed by atoms with Crippen molar-refractivity contribution >= 4 is 11.9 Å². The Labute approximate surface area is 90.0 Å². The molecule has 0 saturated heterocycles. The molecule has 0 atom stereocenters. The molecule has 0 aliphatic heterocycles. The minimum Gasteiger partial charge on any atom is -0.481 e. The number of carboxylic acids is 1. The van der Waals surface area contributed by atoms with Gasteiger partial charge in [-0.15, -0.1) is 0 Å². The molecule has 2 N–H and O–H groups in total. The van der Waals surface area contributed by atoms with Crippen LogP contribution in [0.1, 0.15) is 51.9 Å². The van der Waals surface area contributed by atoms with Crippen LogP contribution < -0.4 is 5.32 Å². The number of aliphatic carboxylic acids is 1. The summed E-state index contributed by atoms with van der Waals surface area (Å²) in [6, 6.07) is 0. The Hall–Kier alpha value is -1.06. The normalized spacial score (nSPS) is 19.5. The third kappa shape index (κ3) is 4.32. The lowest BCUT2D eigenvalue weighted by Gasteiger charge is -2.34. The van der Waals surface area contributed by atoms with Crippen LogP contribution in [0.2, 0.25) is 0 Å². The molecule has 1 fully saturated rings. The zero-order valence-electron chi connectivity index (χ0n) is 9.21. The van der Waals surface area contributed by atoms with Crippen LogP contribution in [-0.2, 0) is 9.59 Å². The molecule has 0 unspecified atom stereocenters. The minimum absolute atomic E-state index is 0.0814. The van der Waals surface area contributed by atoms with E-state index in [1.54, 1.807) is 0 Å². The molecule has 15 heavy (non-hydrogen) atoms. The van der Waals surface area contributed by atoms with Crippen molar-refractivity contribution < 1.29 is 14.7 Å². The number of amides is 1. The smallest absolute Gasteiger partial charge is 0.303 e. The van der Waals surface area contributed by atoms with Crippen LogP contribution in [0.15, 0.2) is 0 Å². The van der Waals surface area contributed by atoms with Crippen molar-refractivity contribution in [2.45, 2.75) is 57.4 Å². The lowest BCUT2D eigenvalue weighted by molar-refractivity contribution is -0.139. The van der Waals surface area contributed by atoms with Gasteiger partial charge in [0.25, 0.3) is 0 Å². The quantitative estimate of drug-likeness (QED) is 0.746. The number of carboxylic acid groups (broad SMARTS) is 1. The molecule has 0 aromatic heterocycles. The highest BCUT2D eigenvalue weighted by atomic mass is 16.4. The van der Waals surface area contributed by atoms with Crippen molar-refractivity contribution in [2.24, 2.45) is 0 Å². The number of rotatable bonds is 4. The molecule has 0 radical (unpaired) electrons. The average Bonchev–Trinajstić information content (AvgIpc) is 2.15. The Balaban J connectivity index is 2.32. The molecule has 0 heterocycles. The van der Waals surface area contributed by atoms with Gasteiger partial charge in [-0.3, -0.25) is 9.59 Å². The summed E-state index contributed by atoms with van der Waals surface area (Å²) in [4.78, 5) is 21.7. The number of nitrogens with one attached hydrogen (secondary N) is 1. The van der Waals surface area contributed by atoms with Gasteiger partial charge in [-0.05, 0) is 19.8 Å². The lowest BCUT2D eigenvalue weighted by atomic mass is 9.83. The summed E-state index contributed by atoms with van der Waals surface area (Å²) in [6.07, 6.45) is 5.55. The van der Waals surface area contributed by atoms with Crippen molar-refractivity contribution in [3.63, 3.8) is 0 Å². The third-order valence-electron chi connectivity index (χ3n) is 2.96. The minimum atomic E-state index is -0.918. The van der Waals surface area contributed by atoms with E-state index in [1.807, 2.05) is 6.92 Å². The summed E-state index contributed by atoms with van der Waals surface area (Å²) in [6.45, 7) is 2.05. The topological polar surface area (TPSA) is 66.4 Å². The summed E-state index contributed by atoms with van der Waals surface area (Å²) in [5.41, 5.74) is -0.103. The fourth-order valence-corrected chi connectivity index (χ4v) is 2.08. The molecule has 1 aliphatic rings. The average molecular weight is 213 g/mol. The molecule has 1 rings (SSSR count). The maximum atomic E-state index is 11.4. The second kappa shape index (κ2) is 5.14. The third-order valence-corrected chi connectivity index (χ3v) is 2.96. The Morgan fingerprint density at radius 3 is 2.33 bits per heavy atom. The second-order valence-electron chi connectivity index (χ2n) is 4.56. The standard InChI is InChI=1S/C11H19NO3/c1-11(7-3-2-4-8-11)12-9(13)5-6-10(14)15/h2-8H2,1H3,(H,12,13)(H,14,15). The van der Waals surface area contributed by atoms with E-state index in [1.165, 1.54) is 6.42 Å². The predicted molar refractivity (Wildman–Crippen MR) is 56.5 cm³/mol. The summed E-state index contributed by atoms with van der Waals surface area (Å²) in [7, 11) is 0. The highest BCUT2D eigenvalue weighted by Crippen LogP contribution is 2.27. The number of carbonyl (C=O) groups excluding carboxylic acids is 1. The summed E-state index contributed by atoms with van der Waals surface area (Å²) < 4.78 is 0. The van der Waals surface area contributed by atoms with E-state index < -0.39 is 5.97 Å². The zero-order chi connectivity index (χ0) is 11.3. The lowest BCUT2D eigenvalue weighted by Crippen LogP contribution is -2.47. The van der Waals surface area contributed by atoms with Gasteiger partial charge in [-0.25, -0.2) is 0 Å². The highest BCUT2D eigenvalue weighted by molar-refractivity contribution is 5.81. The van der Waals surface area contributed by atoms with Crippen LogP contribution in [0.5, 0.6) is 0 Å². The molecular formula is C11H19NO3. The SMILES string of the molecule is CC1(NC(=O)CCC(=O)O)CCCCC1. The Kier molecular flexibility index (Phi) is 4.12. The van der Waals surface area contributed by atoms with Gasteiger partial charge in [0.15, 0.2) is 0 Å². The molecule has 0 spiro atoms. The van der Waals surface area contributed by atoms with Crippen LogP contribution in [-0.4, -0.2) is 22.5 Å². The van der Waals surface area contributed by atoms with Gasteiger partial charge in [0.1, 0.15) is 0 Å². The summed E-state index contributed by atoms with van der Waals surface area (Å²) in [5, 5.41) is 11.4. The molecule has 1 saturated carbocycles. The van der Waals surface area contributed by atoms with Crippen LogP contribution in [0.4, 0.5) is 0 Å². The summed E-state index contributed by atoms with van der Waals surface area (Å²) >= 11 is 0. The molecule has 86 valence electrons. The maximum Gasteiger partial charge on any atom is 0.303 e. The first kappa shape index (κ1) is 12.0. The van der Waals surface area contributed by atoms with E-state index in [0.29, 0.717) is 0 Å². The Morgan fingerprint density at radius 1 is 1.20 bits per heavy atom. The second-order valence-corrected chi connectivity index (χ2v) is 4.56. The van der Waals surface area contributed by atoms with Crippen molar-refractivity contribution in [2.75, 3.05) is 0 Å². The number of hydrogen-bond donors (Lipinski definition) is 2. The molecule has 0 aromatic carbocycles. The zero-order valence-corrected chi connectivity index (χ0v) is 9.21. The van der Waals surface area contributed by atoms with Crippen LogP contribution in [0, 0.1) is 0 Å². The van der Waals surface area contributed by atoms with Gasteiger partial charge in [0.2, 0.25) is 5.91 Å².